The molecule has 1 unspecified atom stereocenters. The molecule has 1 atom stereocenters. The molecule has 0 aromatic carbocycles. The summed E-state index contributed by atoms with van der Waals surface area (Å²) in [5.74, 6) is 0.915. The fourth-order valence-corrected chi connectivity index (χ4v) is 3.17. The summed E-state index contributed by atoms with van der Waals surface area (Å²) in [5.41, 5.74) is 1.72. The predicted octanol–water partition coefficient (Wildman–Crippen LogP) is 1.04. The Hall–Kier alpha value is -0.870. The van der Waals surface area contributed by atoms with E-state index in [1.807, 2.05) is 17.9 Å². The molecule has 100 valence electrons. The van der Waals surface area contributed by atoms with E-state index in [1.165, 1.54) is 31.5 Å². The highest BCUT2D eigenvalue weighted by Gasteiger charge is 2.43. The van der Waals surface area contributed by atoms with Gasteiger partial charge in [-0.1, -0.05) is 0 Å². The molecule has 1 aromatic rings. The molecule has 1 aliphatic heterocycles. The summed E-state index contributed by atoms with van der Waals surface area (Å²) in [7, 11) is 1.98. The number of aromatic nitrogens is 2. The Morgan fingerprint density at radius 3 is 3.00 bits per heavy atom. The molecule has 2 aliphatic rings. The number of aryl methyl sites for hydroxylation is 1. The van der Waals surface area contributed by atoms with Crippen LogP contribution < -0.4 is 5.32 Å². The van der Waals surface area contributed by atoms with E-state index in [2.05, 4.69) is 28.4 Å². The lowest BCUT2D eigenvalue weighted by Crippen LogP contribution is -2.60. The van der Waals surface area contributed by atoms with Gasteiger partial charge in [-0.3, -0.25) is 9.58 Å². The first kappa shape index (κ1) is 12.2. The van der Waals surface area contributed by atoms with E-state index in [-0.39, 0.29) is 0 Å². The van der Waals surface area contributed by atoms with Crippen LogP contribution in [0.1, 0.15) is 25.3 Å². The highest BCUT2D eigenvalue weighted by atomic mass is 15.2. The molecule has 0 radical (unpaired) electrons. The maximum Gasteiger partial charge on any atom is 0.0522 e. The summed E-state index contributed by atoms with van der Waals surface area (Å²) < 4.78 is 1.89. The average molecular weight is 248 g/mol. The molecule has 1 aliphatic carbocycles. The van der Waals surface area contributed by atoms with Crippen LogP contribution in [0, 0.1) is 5.92 Å². The molecule has 2 fully saturated rings. The number of piperazine rings is 1. The highest BCUT2D eigenvalue weighted by molar-refractivity contribution is 5.06. The first-order valence-corrected chi connectivity index (χ1v) is 7.11. The van der Waals surface area contributed by atoms with Crippen molar-refractivity contribution in [3.05, 3.63) is 18.0 Å². The molecular formula is C14H24N4. The van der Waals surface area contributed by atoms with E-state index in [1.54, 1.807) is 0 Å². The monoisotopic (exact) mass is 248 g/mol. The fraction of sp³-hybridized carbons (Fsp3) is 0.786. The third-order valence-corrected chi connectivity index (χ3v) is 4.46. The number of hydrogen-bond acceptors (Lipinski definition) is 3. The molecule has 4 heteroatoms. The number of nitrogens with one attached hydrogen (secondary N) is 1. The van der Waals surface area contributed by atoms with Crippen LogP contribution >= 0.6 is 0 Å². The van der Waals surface area contributed by atoms with Crippen molar-refractivity contribution in [1.82, 2.24) is 20.0 Å². The Bertz CT molecular complexity index is 410. The Balaban J connectivity index is 1.53. The zero-order valence-corrected chi connectivity index (χ0v) is 11.5. The van der Waals surface area contributed by atoms with Crippen molar-refractivity contribution in [1.29, 1.82) is 0 Å². The Kier molecular flexibility index (Phi) is 3.16. The molecule has 18 heavy (non-hydrogen) atoms. The summed E-state index contributed by atoms with van der Waals surface area (Å²) in [6, 6.07) is 0. The molecular weight excluding hydrogens is 224 g/mol. The predicted molar refractivity (Wildman–Crippen MR) is 72.5 cm³/mol. The lowest BCUT2D eigenvalue weighted by Gasteiger charge is -2.42. The van der Waals surface area contributed by atoms with E-state index in [9.17, 15) is 0 Å². The topological polar surface area (TPSA) is 33.1 Å². The summed E-state index contributed by atoms with van der Waals surface area (Å²) in [6.45, 7) is 7.09. The number of nitrogens with zero attached hydrogens (tertiary/aromatic N) is 3. The molecule has 0 spiro atoms. The van der Waals surface area contributed by atoms with Gasteiger partial charge >= 0.3 is 0 Å². The molecule has 1 N–H and O–H groups in total. The van der Waals surface area contributed by atoms with Gasteiger partial charge in [0.25, 0.3) is 0 Å². The van der Waals surface area contributed by atoms with Crippen molar-refractivity contribution in [2.45, 2.75) is 31.7 Å². The quantitative estimate of drug-likeness (QED) is 0.864. The van der Waals surface area contributed by atoms with Gasteiger partial charge in [-0.25, -0.2) is 0 Å². The Morgan fingerprint density at radius 2 is 2.33 bits per heavy atom. The summed E-state index contributed by atoms with van der Waals surface area (Å²) >= 11 is 0. The third-order valence-electron chi connectivity index (χ3n) is 4.46. The smallest absolute Gasteiger partial charge is 0.0522 e. The minimum atomic E-state index is 0.368. The van der Waals surface area contributed by atoms with Gasteiger partial charge < -0.3 is 5.32 Å². The first-order valence-electron chi connectivity index (χ1n) is 7.11. The van der Waals surface area contributed by atoms with E-state index >= 15 is 0 Å². The van der Waals surface area contributed by atoms with E-state index in [0.29, 0.717) is 5.54 Å². The van der Waals surface area contributed by atoms with Crippen molar-refractivity contribution in [2.24, 2.45) is 13.0 Å². The van der Waals surface area contributed by atoms with Crippen molar-refractivity contribution in [3.63, 3.8) is 0 Å². The minimum absolute atomic E-state index is 0.368. The molecule has 0 amide bonds. The van der Waals surface area contributed by atoms with Crippen LogP contribution in [0.15, 0.2) is 12.4 Å². The van der Waals surface area contributed by atoms with Crippen molar-refractivity contribution < 1.29 is 0 Å². The van der Waals surface area contributed by atoms with E-state index in [4.69, 9.17) is 0 Å². The molecule has 1 aromatic heterocycles. The van der Waals surface area contributed by atoms with Crippen LogP contribution in [0.5, 0.6) is 0 Å². The van der Waals surface area contributed by atoms with Crippen molar-refractivity contribution in [2.75, 3.05) is 26.2 Å². The van der Waals surface area contributed by atoms with Crippen LogP contribution in [0.2, 0.25) is 0 Å². The largest absolute Gasteiger partial charge is 0.309 e. The highest BCUT2D eigenvalue weighted by Crippen LogP contribution is 2.40. The van der Waals surface area contributed by atoms with Gasteiger partial charge in [0, 0.05) is 45.0 Å². The maximum absolute atomic E-state index is 4.23. The Morgan fingerprint density at radius 1 is 1.50 bits per heavy atom. The van der Waals surface area contributed by atoms with Crippen LogP contribution in [-0.4, -0.2) is 46.4 Å². The lowest BCUT2D eigenvalue weighted by molar-refractivity contribution is 0.128. The van der Waals surface area contributed by atoms with Gasteiger partial charge in [-0.2, -0.15) is 5.10 Å². The third kappa shape index (κ3) is 2.59. The molecule has 0 bridgehead atoms. The van der Waals surface area contributed by atoms with Gasteiger partial charge in [0.15, 0.2) is 0 Å². The summed E-state index contributed by atoms with van der Waals surface area (Å²) in [5, 5.41) is 7.96. The zero-order valence-electron chi connectivity index (χ0n) is 11.5. The summed E-state index contributed by atoms with van der Waals surface area (Å²) in [6.07, 6.45) is 8.07. The molecule has 1 saturated carbocycles. The fourth-order valence-electron chi connectivity index (χ4n) is 3.17. The summed E-state index contributed by atoms with van der Waals surface area (Å²) in [4.78, 5) is 2.61. The van der Waals surface area contributed by atoms with E-state index in [0.717, 1.165) is 25.4 Å². The SMILES string of the molecule is Cn1cc(CCN2CCNC(C)(C3CC3)C2)cn1. The second-order valence-electron chi connectivity index (χ2n) is 6.17. The van der Waals surface area contributed by atoms with Crippen molar-refractivity contribution >= 4 is 0 Å². The zero-order chi connectivity index (χ0) is 12.6. The Labute approximate surface area is 109 Å². The van der Waals surface area contributed by atoms with Gasteiger partial charge in [0.05, 0.1) is 6.20 Å². The number of hydrogen-bond donors (Lipinski definition) is 1. The van der Waals surface area contributed by atoms with Crippen LogP contribution in [0.25, 0.3) is 0 Å². The van der Waals surface area contributed by atoms with Crippen molar-refractivity contribution in [3.8, 4) is 0 Å². The molecule has 3 rings (SSSR count). The number of rotatable bonds is 4. The van der Waals surface area contributed by atoms with Crippen LogP contribution in [0.3, 0.4) is 0 Å². The molecule has 4 nitrogen and oxygen atoms in total. The molecule has 2 heterocycles. The van der Waals surface area contributed by atoms with Gasteiger partial charge in [-0.15, -0.1) is 0 Å². The second kappa shape index (κ2) is 4.67. The van der Waals surface area contributed by atoms with Gasteiger partial charge in [-0.05, 0) is 37.7 Å². The van der Waals surface area contributed by atoms with Gasteiger partial charge in [0.2, 0.25) is 0 Å². The van der Waals surface area contributed by atoms with E-state index < -0.39 is 0 Å². The minimum Gasteiger partial charge on any atom is -0.309 e. The van der Waals surface area contributed by atoms with Crippen LogP contribution in [0.4, 0.5) is 0 Å². The maximum atomic E-state index is 4.23. The van der Waals surface area contributed by atoms with Gasteiger partial charge in [0.1, 0.15) is 0 Å². The second-order valence-corrected chi connectivity index (χ2v) is 6.17. The van der Waals surface area contributed by atoms with Crippen LogP contribution in [-0.2, 0) is 13.5 Å². The normalized spacial score (nSPS) is 29.7. The molecule has 1 saturated heterocycles. The standard InChI is InChI=1S/C14H24N4/c1-14(13-3-4-13)11-18(8-6-15-14)7-5-12-9-16-17(2)10-12/h9-10,13,15H,3-8,11H2,1-2H3. The average Bonchev–Trinajstić information content (AvgIpc) is 3.12. The lowest BCUT2D eigenvalue weighted by atomic mass is 9.93. The first-order chi connectivity index (χ1) is 8.66.